The third-order valence-corrected chi connectivity index (χ3v) is 6.28. The van der Waals surface area contributed by atoms with Crippen LogP contribution in [0, 0.1) is 5.92 Å². The predicted octanol–water partition coefficient (Wildman–Crippen LogP) is 2.10. The summed E-state index contributed by atoms with van der Waals surface area (Å²) in [5.41, 5.74) is -0.855. The summed E-state index contributed by atoms with van der Waals surface area (Å²) in [4.78, 5) is 31.3. The second-order valence-electron chi connectivity index (χ2n) is 8.76. The van der Waals surface area contributed by atoms with Gasteiger partial charge in [0.25, 0.3) is 5.91 Å². The number of piperazine rings is 1. The van der Waals surface area contributed by atoms with Crippen molar-refractivity contribution in [1.29, 1.82) is 0 Å². The maximum atomic E-state index is 12.8. The number of fused-ring (bicyclic) bond motifs is 2. The standard InChI is InChI=1S/C21H26F3N3O3/c1-14(2)18(28)25-9-17-10-30-8-7-27(17)20(11-25)12-26(13-20)19(29)15-3-5-16(6-4-15)21(22,23)24/h3-6,14,17H,7-13H2,1-2H3/t17-/m1/s1. The Bertz CT molecular complexity index is 819. The maximum absolute atomic E-state index is 12.8. The Morgan fingerprint density at radius 1 is 1.10 bits per heavy atom. The number of nitrogens with zero attached hydrogens (tertiary/aromatic N) is 3. The third kappa shape index (κ3) is 3.69. The predicted molar refractivity (Wildman–Crippen MR) is 103 cm³/mol. The summed E-state index contributed by atoms with van der Waals surface area (Å²) in [5.74, 6) is -0.304. The summed E-state index contributed by atoms with van der Waals surface area (Å²) < 4.78 is 43.9. The number of rotatable bonds is 2. The van der Waals surface area contributed by atoms with Crippen LogP contribution in [0.5, 0.6) is 0 Å². The van der Waals surface area contributed by atoms with Gasteiger partial charge >= 0.3 is 6.18 Å². The van der Waals surface area contributed by atoms with Gasteiger partial charge in [-0.25, -0.2) is 0 Å². The van der Waals surface area contributed by atoms with Crippen molar-refractivity contribution in [3.05, 3.63) is 35.4 Å². The molecule has 0 unspecified atom stereocenters. The van der Waals surface area contributed by atoms with E-state index in [0.717, 1.165) is 18.7 Å². The number of hydrogen-bond acceptors (Lipinski definition) is 4. The van der Waals surface area contributed by atoms with Crippen LogP contribution >= 0.6 is 0 Å². The van der Waals surface area contributed by atoms with Crippen LogP contribution in [0.2, 0.25) is 0 Å². The maximum Gasteiger partial charge on any atom is 0.416 e. The van der Waals surface area contributed by atoms with E-state index in [1.165, 1.54) is 12.1 Å². The zero-order valence-corrected chi connectivity index (χ0v) is 17.1. The van der Waals surface area contributed by atoms with E-state index in [4.69, 9.17) is 4.74 Å². The topological polar surface area (TPSA) is 53.1 Å². The first kappa shape index (κ1) is 21.1. The molecule has 2 amide bonds. The molecule has 3 saturated heterocycles. The number of halogens is 3. The van der Waals surface area contributed by atoms with Crippen LogP contribution in [-0.2, 0) is 15.7 Å². The molecular weight excluding hydrogens is 399 g/mol. The molecule has 164 valence electrons. The van der Waals surface area contributed by atoms with Gasteiger partial charge in [0, 0.05) is 44.2 Å². The van der Waals surface area contributed by atoms with Crippen molar-refractivity contribution < 1.29 is 27.5 Å². The summed E-state index contributed by atoms with van der Waals surface area (Å²) in [7, 11) is 0. The van der Waals surface area contributed by atoms with Crippen molar-refractivity contribution in [1.82, 2.24) is 14.7 Å². The Labute approximate surface area is 173 Å². The molecule has 0 aromatic heterocycles. The van der Waals surface area contributed by atoms with Gasteiger partial charge in [0.05, 0.1) is 30.4 Å². The normalized spacial score (nSPS) is 24.0. The van der Waals surface area contributed by atoms with Gasteiger partial charge in [0.15, 0.2) is 0 Å². The smallest absolute Gasteiger partial charge is 0.378 e. The summed E-state index contributed by atoms with van der Waals surface area (Å²) in [6, 6.07) is 4.42. The van der Waals surface area contributed by atoms with Gasteiger partial charge in [-0.05, 0) is 24.3 Å². The third-order valence-electron chi connectivity index (χ3n) is 6.28. The highest BCUT2D eigenvalue weighted by molar-refractivity contribution is 5.95. The van der Waals surface area contributed by atoms with E-state index < -0.39 is 11.7 Å². The zero-order chi connectivity index (χ0) is 21.7. The molecule has 9 heteroatoms. The largest absolute Gasteiger partial charge is 0.416 e. The molecule has 3 aliphatic rings. The van der Waals surface area contributed by atoms with E-state index in [1.807, 2.05) is 18.7 Å². The molecule has 4 rings (SSSR count). The van der Waals surface area contributed by atoms with Crippen molar-refractivity contribution in [3.8, 4) is 0 Å². The molecule has 3 aliphatic heterocycles. The number of ether oxygens (including phenoxy) is 1. The number of morpholine rings is 1. The highest BCUT2D eigenvalue weighted by Crippen LogP contribution is 2.37. The molecule has 6 nitrogen and oxygen atoms in total. The van der Waals surface area contributed by atoms with Gasteiger partial charge in [-0.3, -0.25) is 14.5 Å². The molecule has 3 heterocycles. The summed E-state index contributed by atoms with van der Waals surface area (Å²) in [5, 5.41) is 0. The van der Waals surface area contributed by atoms with E-state index in [9.17, 15) is 22.8 Å². The Kier molecular flexibility index (Phi) is 5.30. The average Bonchev–Trinajstić information content (AvgIpc) is 2.69. The lowest BCUT2D eigenvalue weighted by molar-refractivity contribution is -0.170. The molecule has 3 fully saturated rings. The summed E-state index contributed by atoms with van der Waals surface area (Å²) >= 11 is 0. The Morgan fingerprint density at radius 3 is 2.33 bits per heavy atom. The molecular formula is C21H26F3N3O3. The Morgan fingerprint density at radius 2 is 1.73 bits per heavy atom. The SMILES string of the molecule is CC(C)C(=O)N1C[C@@H]2COCCN2C2(CN(C(=O)c3ccc(C(F)(F)F)cc3)C2)C1. The lowest BCUT2D eigenvalue weighted by Crippen LogP contribution is -2.81. The minimum absolute atomic E-state index is 0.0899. The number of benzene rings is 1. The first-order chi connectivity index (χ1) is 14.1. The lowest BCUT2D eigenvalue weighted by atomic mass is 9.81. The fraction of sp³-hybridized carbons (Fsp3) is 0.619. The Balaban J connectivity index is 1.49. The number of hydrogen-bond donors (Lipinski definition) is 0. The van der Waals surface area contributed by atoms with Crippen molar-refractivity contribution >= 4 is 11.8 Å². The number of carbonyl (C=O) groups is 2. The highest BCUT2D eigenvalue weighted by atomic mass is 19.4. The molecule has 30 heavy (non-hydrogen) atoms. The van der Waals surface area contributed by atoms with Crippen LogP contribution in [0.4, 0.5) is 13.2 Å². The van der Waals surface area contributed by atoms with Crippen LogP contribution in [-0.4, -0.2) is 84.0 Å². The lowest BCUT2D eigenvalue weighted by Gasteiger charge is -2.63. The van der Waals surface area contributed by atoms with E-state index in [0.29, 0.717) is 39.4 Å². The minimum Gasteiger partial charge on any atom is -0.378 e. The zero-order valence-electron chi connectivity index (χ0n) is 17.1. The van der Waals surface area contributed by atoms with E-state index in [-0.39, 0.29) is 34.9 Å². The number of likely N-dealkylation sites (tertiary alicyclic amines) is 1. The first-order valence-corrected chi connectivity index (χ1v) is 10.2. The molecule has 0 bridgehead atoms. The summed E-state index contributed by atoms with van der Waals surface area (Å²) in [6.45, 7) is 7.73. The van der Waals surface area contributed by atoms with Crippen LogP contribution < -0.4 is 0 Å². The molecule has 0 aliphatic carbocycles. The first-order valence-electron chi connectivity index (χ1n) is 10.2. The second kappa shape index (κ2) is 7.53. The second-order valence-corrected chi connectivity index (χ2v) is 8.76. The van der Waals surface area contributed by atoms with Crippen LogP contribution in [0.1, 0.15) is 29.8 Å². The number of alkyl halides is 3. The monoisotopic (exact) mass is 425 g/mol. The molecule has 0 radical (unpaired) electrons. The van der Waals surface area contributed by atoms with Crippen LogP contribution in [0.3, 0.4) is 0 Å². The Hall–Kier alpha value is -2.13. The van der Waals surface area contributed by atoms with E-state index >= 15 is 0 Å². The van der Waals surface area contributed by atoms with Crippen molar-refractivity contribution in [2.75, 3.05) is 45.9 Å². The van der Waals surface area contributed by atoms with Gasteiger partial charge in [-0.15, -0.1) is 0 Å². The van der Waals surface area contributed by atoms with Gasteiger partial charge in [-0.1, -0.05) is 13.8 Å². The fourth-order valence-corrected chi connectivity index (χ4v) is 4.80. The summed E-state index contributed by atoms with van der Waals surface area (Å²) in [6.07, 6.45) is -4.43. The van der Waals surface area contributed by atoms with E-state index in [2.05, 4.69) is 4.90 Å². The number of carbonyl (C=O) groups excluding carboxylic acids is 2. The molecule has 1 aromatic carbocycles. The minimum atomic E-state index is -4.43. The number of amides is 2. The van der Waals surface area contributed by atoms with E-state index in [1.54, 1.807) is 4.90 Å². The van der Waals surface area contributed by atoms with Crippen LogP contribution in [0.25, 0.3) is 0 Å². The van der Waals surface area contributed by atoms with Gasteiger partial charge < -0.3 is 14.5 Å². The fourth-order valence-electron chi connectivity index (χ4n) is 4.80. The van der Waals surface area contributed by atoms with Crippen molar-refractivity contribution in [2.24, 2.45) is 5.92 Å². The van der Waals surface area contributed by atoms with Crippen molar-refractivity contribution in [3.63, 3.8) is 0 Å². The average molecular weight is 425 g/mol. The van der Waals surface area contributed by atoms with Crippen molar-refractivity contribution in [2.45, 2.75) is 31.6 Å². The van der Waals surface area contributed by atoms with Gasteiger partial charge in [0.2, 0.25) is 5.91 Å². The molecule has 0 saturated carbocycles. The molecule has 1 aromatic rings. The van der Waals surface area contributed by atoms with Crippen LogP contribution in [0.15, 0.2) is 24.3 Å². The molecule has 1 spiro atoms. The van der Waals surface area contributed by atoms with Gasteiger partial charge in [-0.2, -0.15) is 13.2 Å². The highest BCUT2D eigenvalue weighted by Gasteiger charge is 2.56. The quantitative estimate of drug-likeness (QED) is 0.728. The molecule has 1 atom stereocenters. The van der Waals surface area contributed by atoms with Gasteiger partial charge in [0.1, 0.15) is 0 Å². The molecule has 0 N–H and O–H groups in total.